The Bertz CT molecular complexity index is 531. The maximum Gasteiger partial charge on any atom is 0.153 e. The van der Waals surface area contributed by atoms with Gasteiger partial charge in [0, 0.05) is 25.5 Å². The van der Waals surface area contributed by atoms with E-state index in [2.05, 4.69) is 4.98 Å². The van der Waals surface area contributed by atoms with E-state index < -0.39 is 0 Å². The summed E-state index contributed by atoms with van der Waals surface area (Å²) in [5.74, 6) is 1.53. The van der Waals surface area contributed by atoms with Gasteiger partial charge in [-0.25, -0.2) is 4.98 Å². The van der Waals surface area contributed by atoms with E-state index in [-0.39, 0.29) is 23.1 Å². The minimum atomic E-state index is -0.146. The van der Waals surface area contributed by atoms with Crippen molar-refractivity contribution < 1.29 is 4.74 Å². The van der Waals surface area contributed by atoms with Gasteiger partial charge in [0.15, 0.2) is 6.10 Å². The Labute approximate surface area is 126 Å². The molecule has 0 aliphatic heterocycles. The molecule has 2 rings (SSSR count). The average Bonchev–Trinajstić information content (AvgIpc) is 2.70. The topological polar surface area (TPSA) is 27.1 Å². The van der Waals surface area contributed by atoms with Crippen LogP contribution in [0.25, 0.3) is 0 Å². The van der Waals surface area contributed by atoms with Crippen molar-refractivity contribution in [3.8, 4) is 5.75 Å². The van der Waals surface area contributed by atoms with Gasteiger partial charge >= 0.3 is 0 Å². The first-order valence-electron chi connectivity index (χ1n) is 5.17. The largest absolute Gasteiger partial charge is 0.483 e. The third-order valence-corrected chi connectivity index (χ3v) is 3.17. The molecule has 1 aromatic heterocycles. The number of halogens is 3. The molecule has 1 aromatic carbocycles. The first-order valence-corrected chi connectivity index (χ1v) is 5.92. The predicted octanol–water partition coefficient (Wildman–Crippen LogP) is 4.44. The molecule has 0 radical (unpaired) electrons. The molecule has 2 aromatic rings. The summed E-state index contributed by atoms with van der Waals surface area (Å²) >= 11 is 11.8. The van der Waals surface area contributed by atoms with Crippen LogP contribution in [-0.4, -0.2) is 9.55 Å². The fourth-order valence-corrected chi connectivity index (χ4v) is 1.86. The van der Waals surface area contributed by atoms with Gasteiger partial charge in [0.05, 0.1) is 10.0 Å². The van der Waals surface area contributed by atoms with E-state index in [1.807, 2.05) is 24.7 Å². The third kappa shape index (κ3) is 3.40. The van der Waals surface area contributed by atoms with E-state index in [4.69, 9.17) is 27.9 Å². The van der Waals surface area contributed by atoms with E-state index in [0.717, 1.165) is 5.82 Å². The smallest absolute Gasteiger partial charge is 0.153 e. The zero-order valence-electron chi connectivity index (χ0n) is 9.93. The van der Waals surface area contributed by atoms with E-state index in [1.165, 1.54) is 0 Å². The molecule has 0 N–H and O–H groups in total. The van der Waals surface area contributed by atoms with E-state index in [0.29, 0.717) is 15.8 Å². The molecular formula is C12H13BrCl2N2O. The highest BCUT2D eigenvalue weighted by Crippen LogP contribution is 2.28. The fourth-order valence-electron chi connectivity index (χ4n) is 1.58. The van der Waals surface area contributed by atoms with Crippen LogP contribution < -0.4 is 4.74 Å². The molecule has 6 heteroatoms. The van der Waals surface area contributed by atoms with E-state index in [1.54, 1.807) is 24.4 Å². The second kappa shape index (κ2) is 6.45. The molecule has 1 atom stereocenters. The van der Waals surface area contributed by atoms with Gasteiger partial charge < -0.3 is 9.30 Å². The van der Waals surface area contributed by atoms with Crippen molar-refractivity contribution in [2.24, 2.45) is 7.05 Å². The molecule has 0 amide bonds. The second-order valence-corrected chi connectivity index (χ2v) is 4.55. The number of benzene rings is 1. The highest BCUT2D eigenvalue weighted by atomic mass is 79.9. The Morgan fingerprint density at radius 3 is 2.56 bits per heavy atom. The summed E-state index contributed by atoms with van der Waals surface area (Å²) in [7, 11) is 1.93. The Kier molecular flexibility index (Phi) is 5.50. The monoisotopic (exact) mass is 350 g/mol. The molecule has 1 heterocycles. The van der Waals surface area contributed by atoms with Gasteiger partial charge in [0.1, 0.15) is 11.6 Å². The normalized spacial score (nSPS) is 11.8. The summed E-state index contributed by atoms with van der Waals surface area (Å²) in [5, 5.41) is 1.000. The molecule has 0 aliphatic carbocycles. The van der Waals surface area contributed by atoms with Crippen molar-refractivity contribution in [3.63, 3.8) is 0 Å². The molecule has 0 aliphatic rings. The Balaban J connectivity index is 0.00000162. The molecular weight excluding hydrogens is 339 g/mol. The number of rotatable bonds is 3. The standard InChI is InChI=1S/C12H12Cl2N2O.BrH/c1-8(12-15-5-6-16(12)2)17-9-3-4-10(13)11(14)7-9;/h3-8H,1-2H3;1H. The number of nitrogens with zero attached hydrogens (tertiary/aromatic N) is 2. The van der Waals surface area contributed by atoms with Crippen LogP contribution in [0.2, 0.25) is 10.0 Å². The number of aryl methyl sites for hydroxylation is 1. The van der Waals surface area contributed by atoms with Gasteiger partial charge in [0.2, 0.25) is 0 Å². The van der Waals surface area contributed by atoms with Crippen LogP contribution in [0.1, 0.15) is 18.9 Å². The number of hydrogen-bond donors (Lipinski definition) is 0. The van der Waals surface area contributed by atoms with Crippen LogP contribution in [0.5, 0.6) is 5.75 Å². The van der Waals surface area contributed by atoms with Crippen LogP contribution in [0.3, 0.4) is 0 Å². The minimum Gasteiger partial charge on any atom is -0.483 e. The lowest BCUT2D eigenvalue weighted by atomic mass is 10.3. The lowest BCUT2D eigenvalue weighted by Gasteiger charge is -2.14. The first kappa shape index (κ1) is 15.3. The zero-order chi connectivity index (χ0) is 12.4. The van der Waals surface area contributed by atoms with Gasteiger partial charge in [-0.1, -0.05) is 23.2 Å². The fraction of sp³-hybridized carbons (Fsp3) is 0.250. The molecule has 0 spiro atoms. The highest BCUT2D eigenvalue weighted by molar-refractivity contribution is 8.93. The predicted molar refractivity (Wildman–Crippen MR) is 79.0 cm³/mol. The number of hydrogen-bond acceptors (Lipinski definition) is 2. The SMILES string of the molecule is Br.CC(Oc1ccc(Cl)c(Cl)c1)c1nccn1C. The molecule has 0 bridgehead atoms. The van der Waals surface area contributed by atoms with E-state index in [9.17, 15) is 0 Å². The highest BCUT2D eigenvalue weighted by Gasteiger charge is 2.12. The molecule has 0 saturated carbocycles. The maximum absolute atomic E-state index is 5.92. The summed E-state index contributed by atoms with van der Waals surface area (Å²) in [6.07, 6.45) is 3.47. The van der Waals surface area contributed by atoms with Crippen molar-refractivity contribution in [1.82, 2.24) is 9.55 Å². The number of ether oxygens (including phenoxy) is 1. The molecule has 1 unspecified atom stereocenters. The summed E-state index contributed by atoms with van der Waals surface area (Å²) in [5.41, 5.74) is 0. The van der Waals surface area contributed by atoms with Crippen molar-refractivity contribution in [2.75, 3.05) is 0 Å². The lowest BCUT2D eigenvalue weighted by Crippen LogP contribution is -2.09. The van der Waals surface area contributed by atoms with Gasteiger partial charge in [-0.05, 0) is 19.1 Å². The Morgan fingerprint density at radius 2 is 2.00 bits per heavy atom. The van der Waals surface area contributed by atoms with Gasteiger partial charge in [-0.2, -0.15) is 0 Å². The quantitative estimate of drug-likeness (QED) is 0.817. The maximum atomic E-state index is 5.92. The van der Waals surface area contributed by atoms with Crippen molar-refractivity contribution in [3.05, 3.63) is 46.5 Å². The van der Waals surface area contributed by atoms with Gasteiger partial charge in [0.25, 0.3) is 0 Å². The van der Waals surface area contributed by atoms with Crippen LogP contribution in [-0.2, 0) is 7.05 Å². The second-order valence-electron chi connectivity index (χ2n) is 3.73. The van der Waals surface area contributed by atoms with Gasteiger partial charge in [-0.15, -0.1) is 17.0 Å². The van der Waals surface area contributed by atoms with Crippen LogP contribution in [0.15, 0.2) is 30.6 Å². The number of imidazole rings is 1. The Hall–Kier alpha value is -0.710. The molecule has 98 valence electrons. The summed E-state index contributed by atoms with van der Waals surface area (Å²) in [4.78, 5) is 4.23. The molecule has 0 fully saturated rings. The third-order valence-electron chi connectivity index (χ3n) is 2.43. The number of aromatic nitrogens is 2. The van der Waals surface area contributed by atoms with Crippen molar-refractivity contribution in [2.45, 2.75) is 13.0 Å². The minimum absolute atomic E-state index is 0. The first-order chi connectivity index (χ1) is 8.08. The van der Waals surface area contributed by atoms with Crippen LogP contribution >= 0.6 is 40.2 Å². The molecule has 18 heavy (non-hydrogen) atoms. The lowest BCUT2D eigenvalue weighted by molar-refractivity contribution is 0.213. The van der Waals surface area contributed by atoms with Crippen LogP contribution in [0, 0.1) is 0 Å². The molecule has 0 saturated heterocycles. The Morgan fingerprint density at radius 1 is 1.28 bits per heavy atom. The van der Waals surface area contributed by atoms with Gasteiger partial charge in [-0.3, -0.25) is 0 Å². The van der Waals surface area contributed by atoms with E-state index >= 15 is 0 Å². The molecule has 3 nitrogen and oxygen atoms in total. The van der Waals surface area contributed by atoms with Crippen molar-refractivity contribution >= 4 is 40.2 Å². The van der Waals surface area contributed by atoms with Crippen molar-refractivity contribution in [1.29, 1.82) is 0 Å². The average molecular weight is 352 g/mol. The summed E-state index contributed by atoms with van der Waals surface area (Å²) in [6, 6.07) is 5.20. The van der Waals surface area contributed by atoms with Crippen LogP contribution in [0.4, 0.5) is 0 Å². The zero-order valence-corrected chi connectivity index (χ0v) is 13.2. The summed E-state index contributed by atoms with van der Waals surface area (Å²) < 4.78 is 7.67. The summed E-state index contributed by atoms with van der Waals surface area (Å²) in [6.45, 7) is 1.94.